The Bertz CT molecular complexity index is 701. The predicted octanol–water partition coefficient (Wildman–Crippen LogP) is 1.15. The Morgan fingerprint density at radius 2 is 1.74 bits per heavy atom. The van der Waals surface area contributed by atoms with Gasteiger partial charge in [0.15, 0.2) is 0 Å². The van der Waals surface area contributed by atoms with E-state index in [-0.39, 0.29) is 17.3 Å². The summed E-state index contributed by atoms with van der Waals surface area (Å²) in [5.74, 6) is -0.0467. The van der Waals surface area contributed by atoms with Crippen LogP contribution < -0.4 is 11.1 Å². The Morgan fingerprint density at radius 1 is 1.07 bits per heavy atom. The van der Waals surface area contributed by atoms with Crippen LogP contribution in [0, 0.1) is 0 Å². The van der Waals surface area contributed by atoms with Crippen molar-refractivity contribution in [3.05, 3.63) is 29.8 Å². The first kappa shape index (κ1) is 21.8. The molecule has 2 rings (SSSR count). The maximum atomic E-state index is 13.0. The molecule has 0 atom stereocenters. The van der Waals surface area contributed by atoms with E-state index in [1.165, 1.54) is 4.31 Å². The van der Waals surface area contributed by atoms with Crippen LogP contribution in [0.5, 0.6) is 0 Å². The first-order valence-corrected chi connectivity index (χ1v) is 11.1. The Balaban J connectivity index is 1.94. The molecule has 3 N–H and O–H groups in total. The van der Waals surface area contributed by atoms with Crippen molar-refractivity contribution in [2.75, 3.05) is 39.8 Å². The zero-order valence-electron chi connectivity index (χ0n) is 16.2. The van der Waals surface area contributed by atoms with Crippen LogP contribution in [0.1, 0.15) is 37.7 Å². The summed E-state index contributed by atoms with van der Waals surface area (Å²) in [7, 11) is -1.56. The van der Waals surface area contributed by atoms with Crippen LogP contribution in [-0.4, -0.2) is 63.3 Å². The van der Waals surface area contributed by atoms with Gasteiger partial charge in [-0.2, -0.15) is 4.31 Å². The lowest BCUT2D eigenvalue weighted by Gasteiger charge is -2.32. The number of carbonyl (C=O) groups is 1. The van der Waals surface area contributed by atoms with Gasteiger partial charge in [0.05, 0.1) is 4.90 Å². The van der Waals surface area contributed by atoms with Crippen LogP contribution in [0.2, 0.25) is 0 Å². The van der Waals surface area contributed by atoms with Crippen LogP contribution >= 0.6 is 0 Å². The maximum absolute atomic E-state index is 13.0. The SMILES string of the molecule is CN1CCN(S(=O)(=O)c2ccccc2CNC(=O)CCCCCCN)CC1. The van der Waals surface area contributed by atoms with E-state index in [2.05, 4.69) is 10.2 Å². The first-order valence-electron chi connectivity index (χ1n) is 9.68. The van der Waals surface area contributed by atoms with Crippen molar-refractivity contribution in [2.24, 2.45) is 5.73 Å². The summed E-state index contributed by atoms with van der Waals surface area (Å²) in [4.78, 5) is 14.5. The normalized spacial score (nSPS) is 16.4. The molecule has 1 aromatic rings. The summed E-state index contributed by atoms with van der Waals surface area (Å²) < 4.78 is 27.6. The molecule has 0 spiro atoms. The van der Waals surface area contributed by atoms with E-state index in [0.29, 0.717) is 31.6 Å². The third kappa shape index (κ3) is 6.57. The molecule has 1 aromatic carbocycles. The van der Waals surface area contributed by atoms with Crippen molar-refractivity contribution in [3.63, 3.8) is 0 Å². The highest BCUT2D eigenvalue weighted by atomic mass is 32.2. The summed E-state index contributed by atoms with van der Waals surface area (Å²) in [6.45, 7) is 3.34. The van der Waals surface area contributed by atoms with Crippen LogP contribution in [0.3, 0.4) is 0 Å². The Hall–Kier alpha value is -1.48. The number of carbonyl (C=O) groups excluding carboxylic acids is 1. The summed E-state index contributed by atoms with van der Waals surface area (Å²) >= 11 is 0. The topological polar surface area (TPSA) is 95.7 Å². The number of hydrogen-bond acceptors (Lipinski definition) is 5. The van der Waals surface area contributed by atoms with E-state index in [4.69, 9.17) is 5.73 Å². The van der Waals surface area contributed by atoms with E-state index >= 15 is 0 Å². The zero-order valence-corrected chi connectivity index (χ0v) is 17.0. The average Bonchev–Trinajstić information content (AvgIpc) is 2.67. The molecule has 0 bridgehead atoms. The summed E-state index contributed by atoms with van der Waals surface area (Å²) in [6.07, 6.45) is 4.29. The van der Waals surface area contributed by atoms with Crippen molar-refractivity contribution >= 4 is 15.9 Å². The molecule has 1 amide bonds. The molecule has 1 aliphatic heterocycles. The molecule has 152 valence electrons. The number of amides is 1. The number of unbranched alkanes of at least 4 members (excludes halogenated alkanes) is 3. The number of sulfonamides is 1. The van der Waals surface area contributed by atoms with Crippen molar-refractivity contribution < 1.29 is 13.2 Å². The number of likely N-dealkylation sites (N-methyl/N-ethyl adjacent to an activating group) is 1. The monoisotopic (exact) mass is 396 g/mol. The molecule has 0 unspecified atom stereocenters. The van der Waals surface area contributed by atoms with Crippen molar-refractivity contribution in [2.45, 2.75) is 43.5 Å². The third-order valence-electron chi connectivity index (χ3n) is 4.89. The molecule has 7 nitrogen and oxygen atoms in total. The van der Waals surface area contributed by atoms with E-state index < -0.39 is 10.0 Å². The number of piperazine rings is 1. The smallest absolute Gasteiger partial charge is 0.243 e. The second kappa shape index (κ2) is 10.8. The Morgan fingerprint density at radius 3 is 2.44 bits per heavy atom. The van der Waals surface area contributed by atoms with E-state index in [1.807, 2.05) is 7.05 Å². The fourth-order valence-electron chi connectivity index (χ4n) is 3.13. The number of hydrogen-bond donors (Lipinski definition) is 2. The van der Waals surface area contributed by atoms with E-state index in [1.54, 1.807) is 24.3 Å². The van der Waals surface area contributed by atoms with Gasteiger partial charge in [0.25, 0.3) is 0 Å². The minimum absolute atomic E-state index is 0.0467. The third-order valence-corrected chi connectivity index (χ3v) is 6.89. The second-order valence-corrected chi connectivity index (χ2v) is 8.95. The lowest BCUT2D eigenvalue weighted by atomic mass is 10.1. The molecule has 1 saturated heterocycles. The molecule has 1 aliphatic rings. The number of nitrogens with zero attached hydrogens (tertiary/aromatic N) is 2. The van der Waals surface area contributed by atoms with Gasteiger partial charge in [-0.3, -0.25) is 4.79 Å². The number of benzene rings is 1. The molecule has 1 fully saturated rings. The fourth-order valence-corrected chi connectivity index (χ4v) is 4.78. The van der Waals surface area contributed by atoms with Gasteiger partial charge in [-0.1, -0.05) is 31.0 Å². The van der Waals surface area contributed by atoms with Gasteiger partial charge in [0, 0.05) is 39.1 Å². The number of nitrogens with two attached hydrogens (primary N) is 1. The lowest BCUT2D eigenvalue weighted by molar-refractivity contribution is -0.121. The van der Waals surface area contributed by atoms with Crippen LogP contribution in [0.4, 0.5) is 0 Å². The van der Waals surface area contributed by atoms with Crippen molar-refractivity contribution in [3.8, 4) is 0 Å². The molecule has 27 heavy (non-hydrogen) atoms. The van der Waals surface area contributed by atoms with Gasteiger partial charge >= 0.3 is 0 Å². The van der Waals surface area contributed by atoms with Gasteiger partial charge in [-0.25, -0.2) is 8.42 Å². The van der Waals surface area contributed by atoms with Crippen LogP contribution in [0.15, 0.2) is 29.2 Å². The molecular formula is C19H32N4O3S. The van der Waals surface area contributed by atoms with E-state index in [9.17, 15) is 13.2 Å². The van der Waals surface area contributed by atoms with Gasteiger partial charge < -0.3 is 16.0 Å². The highest BCUT2D eigenvalue weighted by molar-refractivity contribution is 7.89. The first-order chi connectivity index (χ1) is 12.9. The zero-order chi connectivity index (χ0) is 19.7. The average molecular weight is 397 g/mol. The minimum Gasteiger partial charge on any atom is -0.352 e. The maximum Gasteiger partial charge on any atom is 0.243 e. The largest absolute Gasteiger partial charge is 0.352 e. The summed E-state index contributed by atoms with van der Waals surface area (Å²) in [6, 6.07) is 6.93. The molecule has 8 heteroatoms. The molecule has 1 heterocycles. The molecule has 0 aliphatic carbocycles. The fraction of sp³-hybridized carbons (Fsp3) is 0.632. The Labute approximate surface area is 163 Å². The van der Waals surface area contributed by atoms with E-state index in [0.717, 1.165) is 38.8 Å². The van der Waals surface area contributed by atoms with Gasteiger partial charge in [-0.05, 0) is 38.1 Å². The van der Waals surface area contributed by atoms with Gasteiger partial charge in [-0.15, -0.1) is 0 Å². The summed E-state index contributed by atoms with van der Waals surface area (Å²) in [5, 5.41) is 2.86. The molecule has 0 aromatic heterocycles. The second-order valence-electron chi connectivity index (χ2n) is 7.04. The highest BCUT2D eigenvalue weighted by Gasteiger charge is 2.29. The molecule has 0 saturated carbocycles. The highest BCUT2D eigenvalue weighted by Crippen LogP contribution is 2.21. The van der Waals surface area contributed by atoms with Gasteiger partial charge in [0.1, 0.15) is 0 Å². The molecule has 0 radical (unpaired) electrons. The molecular weight excluding hydrogens is 364 g/mol. The quantitative estimate of drug-likeness (QED) is 0.579. The minimum atomic E-state index is -3.55. The standard InChI is InChI=1S/C19H32N4O3S/c1-22-12-14-23(15-13-22)27(25,26)18-9-6-5-8-17(18)16-21-19(24)10-4-2-3-7-11-20/h5-6,8-9H,2-4,7,10-16,20H2,1H3,(H,21,24). The van der Waals surface area contributed by atoms with Crippen molar-refractivity contribution in [1.29, 1.82) is 0 Å². The van der Waals surface area contributed by atoms with Crippen molar-refractivity contribution in [1.82, 2.24) is 14.5 Å². The van der Waals surface area contributed by atoms with Gasteiger partial charge in [0.2, 0.25) is 15.9 Å². The summed E-state index contributed by atoms with van der Waals surface area (Å²) in [5.41, 5.74) is 6.09. The van der Waals surface area contributed by atoms with Crippen LogP contribution in [-0.2, 0) is 21.4 Å². The lowest BCUT2D eigenvalue weighted by Crippen LogP contribution is -2.47. The number of rotatable bonds is 10. The predicted molar refractivity (Wildman–Crippen MR) is 107 cm³/mol. The Kier molecular flexibility index (Phi) is 8.69. The number of nitrogens with one attached hydrogen (secondary N) is 1. The van der Waals surface area contributed by atoms with Crippen LogP contribution in [0.25, 0.3) is 0 Å².